The van der Waals surface area contributed by atoms with Crippen LogP contribution in [-0.2, 0) is 4.79 Å². The number of amides is 1. The number of terminal acetylenes is 1. The molecule has 4 nitrogen and oxygen atoms in total. The third kappa shape index (κ3) is 3.84. The van der Waals surface area contributed by atoms with E-state index in [9.17, 15) is 4.79 Å². The first kappa shape index (κ1) is 13.6. The SMILES string of the molecule is C#CC(C)(C)NC(=O)COc1ccccc1C#N. The van der Waals surface area contributed by atoms with E-state index in [2.05, 4.69) is 11.2 Å². The summed E-state index contributed by atoms with van der Waals surface area (Å²) in [5, 5.41) is 11.5. The number of hydrogen-bond donors (Lipinski definition) is 1. The Morgan fingerprint density at radius 3 is 2.78 bits per heavy atom. The van der Waals surface area contributed by atoms with E-state index in [1.54, 1.807) is 38.1 Å². The van der Waals surface area contributed by atoms with E-state index in [-0.39, 0.29) is 12.5 Å². The highest BCUT2D eigenvalue weighted by atomic mass is 16.5. The molecule has 1 aromatic rings. The Morgan fingerprint density at radius 2 is 2.17 bits per heavy atom. The molecule has 18 heavy (non-hydrogen) atoms. The van der Waals surface area contributed by atoms with Gasteiger partial charge in [-0.05, 0) is 26.0 Å². The van der Waals surface area contributed by atoms with E-state index in [0.29, 0.717) is 11.3 Å². The number of carbonyl (C=O) groups is 1. The molecule has 0 spiro atoms. The highest BCUT2D eigenvalue weighted by Gasteiger charge is 2.17. The van der Waals surface area contributed by atoms with Gasteiger partial charge in [0, 0.05) is 0 Å². The van der Waals surface area contributed by atoms with E-state index in [1.165, 1.54) is 0 Å². The van der Waals surface area contributed by atoms with Crippen molar-refractivity contribution in [2.45, 2.75) is 19.4 Å². The smallest absolute Gasteiger partial charge is 0.259 e. The Balaban J connectivity index is 2.59. The quantitative estimate of drug-likeness (QED) is 0.813. The van der Waals surface area contributed by atoms with Crippen molar-refractivity contribution in [3.8, 4) is 24.2 Å². The number of nitriles is 1. The minimum atomic E-state index is -0.713. The van der Waals surface area contributed by atoms with Gasteiger partial charge in [-0.25, -0.2) is 0 Å². The number of nitrogens with zero attached hydrogens (tertiary/aromatic N) is 1. The molecule has 0 fully saturated rings. The first-order valence-corrected chi connectivity index (χ1v) is 5.39. The molecule has 0 aliphatic carbocycles. The van der Waals surface area contributed by atoms with Gasteiger partial charge in [-0.15, -0.1) is 6.42 Å². The summed E-state index contributed by atoms with van der Waals surface area (Å²) in [4.78, 5) is 11.6. The third-order valence-corrected chi connectivity index (χ3v) is 2.18. The first-order valence-electron chi connectivity index (χ1n) is 5.39. The minimum absolute atomic E-state index is 0.177. The Labute approximate surface area is 107 Å². The molecule has 1 amide bonds. The summed E-state index contributed by atoms with van der Waals surface area (Å²) in [6, 6.07) is 8.72. The Morgan fingerprint density at radius 1 is 1.50 bits per heavy atom. The van der Waals surface area contributed by atoms with Gasteiger partial charge in [0.2, 0.25) is 0 Å². The minimum Gasteiger partial charge on any atom is -0.482 e. The van der Waals surface area contributed by atoms with Crippen molar-refractivity contribution in [2.24, 2.45) is 0 Å². The summed E-state index contributed by atoms with van der Waals surface area (Å²) in [6.45, 7) is 3.26. The number of carbonyl (C=O) groups excluding carboxylic acids is 1. The van der Waals surface area contributed by atoms with Crippen LogP contribution in [0.15, 0.2) is 24.3 Å². The number of rotatable bonds is 4. The molecule has 1 rings (SSSR count). The zero-order valence-corrected chi connectivity index (χ0v) is 10.4. The maximum atomic E-state index is 11.6. The number of benzene rings is 1. The van der Waals surface area contributed by atoms with Crippen LogP contribution in [0.3, 0.4) is 0 Å². The average molecular weight is 242 g/mol. The number of hydrogen-bond acceptors (Lipinski definition) is 3. The van der Waals surface area contributed by atoms with Crippen molar-refractivity contribution >= 4 is 5.91 Å². The van der Waals surface area contributed by atoms with Crippen LogP contribution in [0, 0.1) is 23.7 Å². The maximum Gasteiger partial charge on any atom is 0.259 e. The van der Waals surface area contributed by atoms with Crippen molar-refractivity contribution in [3.05, 3.63) is 29.8 Å². The Bertz CT molecular complexity index is 521. The second-order valence-corrected chi connectivity index (χ2v) is 4.21. The van der Waals surface area contributed by atoms with Crippen molar-refractivity contribution in [1.82, 2.24) is 5.32 Å². The van der Waals surface area contributed by atoms with Gasteiger partial charge in [0.05, 0.1) is 11.1 Å². The normalized spacial score (nSPS) is 10.0. The number of nitrogens with one attached hydrogen (secondary N) is 1. The van der Waals surface area contributed by atoms with E-state index in [4.69, 9.17) is 16.4 Å². The van der Waals surface area contributed by atoms with Gasteiger partial charge in [-0.3, -0.25) is 4.79 Å². The third-order valence-electron chi connectivity index (χ3n) is 2.18. The number of para-hydroxylation sites is 1. The van der Waals surface area contributed by atoms with E-state index >= 15 is 0 Å². The molecular formula is C14H14N2O2. The monoisotopic (exact) mass is 242 g/mol. The molecule has 1 aromatic carbocycles. The molecule has 0 atom stereocenters. The number of ether oxygens (including phenoxy) is 1. The molecule has 0 saturated heterocycles. The van der Waals surface area contributed by atoms with Crippen LogP contribution in [0.1, 0.15) is 19.4 Å². The summed E-state index contributed by atoms with van der Waals surface area (Å²) in [6.07, 6.45) is 5.26. The fourth-order valence-electron chi connectivity index (χ4n) is 1.25. The van der Waals surface area contributed by atoms with Crippen LogP contribution < -0.4 is 10.1 Å². The summed E-state index contributed by atoms with van der Waals surface area (Å²) in [5.41, 5.74) is -0.323. The molecule has 92 valence electrons. The van der Waals surface area contributed by atoms with Crippen LogP contribution in [0.4, 0.5) is 0 Å². The first-order chi connectivity index (χ1) is 8.48. The van der Waals surface area contributed by atoms with Gasteiger partial charge in [0.25, 0.3) is 5.91 Å². The Kier molecular flexibility index (Phi) is 4.34. The molecule has 0 unspecified atom stereocenters. The lowest BCUT2D eigenvalue weighted by Gasteiger charge is -2.19. The summed E-state index contributed by atoms with van der Waals surface area (Å²) < 4.78 is 5.28. The molecule has 0 aromatic heterocycles. The predicted molar refractivity (Wildman–Crippen MR) is 67.7 cm³/mol. The van der Waals surface area contributed by atoms with Gasteiger partial charge in [0.15, 0.2) is 6.61 Å². The van der Waals surface area contributed by atoms with E-state index in [0.717, 1.165) is 0 Å². The van der Waals surface area contributed by atoms with Crippen LogP contribution in [0.2, 0.25) is 0 Å². The van der Waals surface area contributed by atoms with Gasteiger partial charge in [-0.2, -0.15) is 5.26 Å². The Hall–Kier alpha value is -2.46. The summed E-state index contributed by atoms with van der Waals surface area (Å²) in [5.74, 6) is 2.51. The summed E-state index contributed by atoms with van der Waals surface area (Å²) in [7, 11) is 0. The average Bonchev–Trinajstić information content (AvgIpc) is 2.36. The van der Waals surface area contributed by atoms with Gasteiger partial charge in [-0.1, -0.05) is 18.1 Å². The van der Waals surface area contributed by atoms with E-state index in [1.807, 2.05) is 6.07 Å². The van der Waals surface area contributed by atoms with Crippen molar-refractivity contribution < 1.29 is 9.53 Å². The standard InChI is InChI=1S/C14H14N2O2/c1-4-14(2,3)16-13(17)10-18-12-8-6-5-7-11(12)9-15/h1,5-8H,10H2,2-3H3,(H,16,17). The van der Waals surface area contributed by atoms with E-state index < -0.39 is 5.54 Å². The van der Waals surface area contributed by atoms with Crippen molar-refractivity contribution in [1.29, 1.82) is 5.26 Å². The zero-order chi connectivity index (χ0) is 13.6. The molecule has 0 radical (unpaired) electrons. The molecule has 0 aliphatic heterocycles. The largest absolute Gasteiger partial charge is 0.482 e. The fraction of sp³-hybridized carbons (Fsp3) is 0.286. The van der Waals surface area contributed by atoms with Crippen LogP contribution in [-0.4, -0.2) is 18.1 Å². The predicted octanol–water partition coefficient (Wildman–Crippen LogP) is 1.47. The van der Waals surface area contributed by atoms with Crippen molar-refractivity contribution in [2.75, 3.05) is 6.61 Å². The molecule has 0 saturated carbocycles. The molecule has 4 heteroatoms. The topological polar surface area (TPSA) is 62.1 Å². The van der Waals surface area contributed by atoms with Crippen molar-refractivity contribution in [3.63, 3.8) is 0 Å². The fourth-order valence-corrected chi connectivity index (χ4v) is 1.25. The second kappa shape index (κ2) is 5.75. The summed E-state index contributed by atoms with van der Waals surface area (Å²) >= 11 is 0. The molecular weight excluding hydrogens is 228 g/mol. The lowest BCUT2D eigenvalue weighted by atomic mass is 10.1. The van der Waals surface area contributed by atoms with Crippen LogP contribution in [0.25, 0.3) is 0 Å². The van der Waals surface area contributed by atoms with Gasteiger partial charge < -0.3 is 10.1 Å². The highest BCUT2D eigenvalue weighted by Crippen LogP contribution is 2.16. The highest BCUT2D eigenvalue weighted by molar-refractivity contribution is 5.78. The van der Waals surface area contributed by atoms with Gasteiger partial charge >= 0.3 is 0 Å². The van der Waals surface area contributed by atoms with Crippen LogP contribution in [0.5, 0.6) is 5.75 Å². The lowest BCUT2D eigenvalue weighted by Crippen LogP contribution is -2.44. The van der Waals surface area contributed by atoms with Gasteiger partial charge in [0.1, 0.15) is 11.8 Å². The zero-order valence-electron chi connectivity index (χ0n) is 10.4. The van der Waals surface area contributed by atoms with Crippen LogP contribution >= 0.6 is 0 Å². The molecule has 0 bridgehead atoms. The molecule has 0 heterocycles. The molecule has 0 aliphatic rings. The molecule has 1 N–H and O–H groups in total. The second-order valence-electron chi connectivity index (χ2n) is 4.21. The lowest BCUT2D eigenvalue weighted by molar-refractivity contribution is -0.124. The maximum absolute atomic E-state index is 11.6.